The van der Waals surface area contributed by atoms with E-state index in [1.54, 1.807) is 0 Å². The van der Waals surface area contributed by atoms with Gasteiger partial charge in [-0.2, -0.15) is 0 Å². The topological polar surface area (TPSA) is 54.0 Å². The Kier molecular flexibility index (Phi) is 5.42. The third-order valence-corrected chi connectivity index (χ3v) is 6.71. The van der Waals surface area contributed by atoms with E-state index >= 15 is 0 Å². The molecule has 140 valence electrons. The van der Waals surface area contributed by atoms with Crippen LogP contribution in [0, 0.1) is 32.1 Å². The zero-order valence-electron chi connectivity index (χ0n) is 15.5. The molecular weight excluding hydrogens is 366 g/mol. The summed E-state index contributed by atoms with van der Waals surface area (Å²) in [6, 6.07) is 4.39. The van der Waals surface area contributed by atoms with Crippen molar-refractivity contribution in [1.82, 2.24) is 10.3 Å². The third kappa shape index (κ3) is 3.53. The van der Waals surface area contributed by atoms with Gasteiger partial charge >= 0.3 is 0 Å². The summed E-state index contributed by atoms with van der Waals surface area (Å²) in [7, 11) is 0. The number of nitrogens with one attached hydrogen (secondary N) is 2. The molecule has 1 aliphatic carbocycles. The van der Waals surface area contributed by atoms with E-state index in [4.69, 9.17) is 0 Å². The van der Waals surface area contributed by atoms with Crippen LogP contribution in [0.4, 0.5) is 5.13 Å². The number of aromatic nitrogens is 1. The lowest BCUT2D eigenvalue weighted by atomic mass is 9.92. The Morgan fingerprint density at radius 3 is 2.62 bits per heavy atom. The summed E-state index contributed by atoms with van der Waals surface area (Å²) in [5, 5.41) is 9.20. The SMILES string of the molecule is Cc1cc(C)c(-c2csc(NC(=O)C3CC34CCNCC4)n2)cc1C.Cl. The predicted molar refractivity (Wildman–Crippen MR) is 110 cm³/mol. The largest absolute Gasteiger partial charge is 0.317 e. The molecule has 1 amide bonds. The molecule has 1 spiro atoms. The normalized spacial score (nSPS) is 20.5. The van der Waals surface area contributed by atoms with E-state index in [2.05, 4.69) is 48.5 Å². The van der Waals surface area contributed by atoms with Gasteiger partial charge in [0, 0.05) is 16.9 Å². The van der Waals surface area contributed by atoms with Gasteiger partial charge in [0.2, 0.25) is 5.91 Å². The average molecular weight is 392 g/mol. The summed E-state index contributed by atoms with van der Waals surface area (Å²) in [5.74, 6) is 0.324. The fraction of sp³-hybridized carbons (Fsp3) is 0.500. The second-order valence-corrected chi connectivity index (χ2v) is 8.51. The molecule has 2 fully saturated rings. The van der Waals surface area contributed by atoms with Crippen LogP contribution in [0.2, 0.25) is 0 Å². The van der Waals surface area contributed by atoms with Gasteiger partial charge in [-0.05, 0) is 81.3 Å². The second-order valence-electron chi connectivity index (χ2n) is 7.65. The highest BCUT2D eigenvalue weighted by atomic mass is 35.5. The number of halogens is 1. The summed E-state index contributed by atoms with van der Waals surface area (Å²) in [6.07, 6.45) is 3.28. The van der Waals surface area contributed by atoms with E-state index in [1.807, 2.05) is 5.38 Å². The first-order valence-corrected chi connectivity index (χ1v) is 9.92. The number of carbonyl (C=O) groups excluding carboxylic acids is 1. The van der Waals surface area contributed by atoms with Crippen molar-refractivity contribution < 1.29 is 4.79 Å². The number of hydrogen-bond acceptors (Lipinski definition) is 4. The number of anilines is 1. The molecule has 1 unspecified atom stereocenters. The molecule has 1 atom stereocenters. The lowest BCUT2D eigenvalue weighted by Gasteiger charge is -2.22. The summed E-state index contributed by atoms with van der Waals surface area (Å²) in [5.41, 5.74) is 6.16. The van der Waals surface area contributed by atoms with Crippen LogP contribution >= 0.6 is 23.7 Å². The number of thiazole rings is 1. The molecule has 1 aliphatic heterocycles. The number of piperidine rings is 1. The molecule has 4 nitrogen and oxygen atoms in total. The minimum Gasteiger partial charge on any atom is -0.317 e. The molecule has 26 heavy (non-hydrogen) atoms. The minimum absolute atomic E-state index is 0. The van der Waals surface area contributed by atoms with Crippen LogP contribution in [-0.4, -0.2) is 24.0 Å². The number of amides is 1. The maximum atomic E-state index is 12.6. The summed E-state index contributed by atoms with van der Waals surface area (Å²) >= 11 is 1.52. The first-order chi connectivity index (χ1) is 12.0. The lowest BCUT2D eigenvalue weighted by molar-refractivity contribution is -0.118. The molecule has 2 aromatic rings. The Hall–Kier alpha value is -1.43. The maximum Gasteiger partial charge on any atom is 0.229 e. The molecule has 1 saturated heterocycles. The number of carbonyl (C=O) groups is 1. The molecule has 2 aliphatic rings. The summed E-state index contributed by atoms with van der Waals surface area (Å²) < 4.78 is 0. The Balaban J connectivity index is 0.00000196. The molecule has 2 N–H and O–H groups in total. The van der Waals surface area contributed by atoms with Gasteiger partial charge in [-0.25, -0.2) is 4.98 Å². The molecule has 1 aromatic carbocycles. The van der Waals surface area contributed by atoms with Crippen molar-refractivity contribution in [3.05, 3.63) is 34.2 Å². The van der Waals surface area contributed by atoms with Crippen molar-refractivity contribution in [2.45, 2.75) is 40.0 Å². The number of hydrogen-bond donors (Lipinski definition) is 2. The maximum absolute atomic E-state index is 12.6. The summed E-state index contributed by atoms with van der Waals surface area (Å²) in [4.78, 5) is 17.3. The molecule has 1 saturated carbocycles. The van der Waals surface area contributed by atoms with E-state index in [1.165, 1.54) is 28.0 Å². The van der Waals surface area contributed by atoms with E-state index < -0.39 is 0 Å². The van der Waals surface area contributed by atoms with E-state index in [9.17, 15) is 4.79 Å². The van der Waals surface area contributed by atoms with Crippen molar-refractivity contribution in [3.8, 4) is 11.3 Å². The fourth-order valence-electron chi connectivity index (χ4n) is 4.08. The molecule has 6 heteroatoms. The average Bonchev–Trinajstić information content (AvgIpc) is 3.07. The van der Waals surface area contributed by atoms with Gasteiger partial charge in [0.15, 0.2) is 5.13 Å². The van der Waals surface area contributed by atoms with E-state index in [-0.39, 0.29) is 29.6 Å². The van der Waals surface area contributed by atoms with Crippen molar-refractivity contribution >= 4 is 34.8 Å². The predicted octanol–water partition coefficient (Wildman–Crippen LogP) is 4.49. The lowest BCUT2D eigenvalue weighted by Crippen LogP contribution is -2.31. The smallest absolute Gasteiger partial charge is 0.229 e. The number of rotatable bonds is 3. The minimum atomic E-state index is 0. The van der Waals surface area contributed by atoms with Crippen molar-refractivity contribution in [3.63, 3.8) is 0 Å². The van der Waals surface area contributed by atoms with Crippen LogP contribution in [0.5, 0.6) is 0 Å². The zero-order chi connectivity index (χ0) is 17.6. The van der Waals surface area contributed by atoms with E-state index in [0.717, 1.165) is 43.6 Å². The molecule has 4 rings (SSSR count). The van der Waals surface area contributed by atoms with Gasteiger partial charge in [-0.1, -0.05) is 6.07 Å². The van der Waals surface area contributed by atoms with E-state index in [0.29, 0.717) is 5.13 Å². The highest BCUT2D eigenvalue weighted by Gasteiger charge is 2.57. The third-order valence-electron chi connectivity index (χ3n) is 5.96. The molecule has 0 bridgehead atoms. The molecular formula is C20H26ClN3OS. The molecule has 0 radical (unpaired) electrons. The molecule has 1 aromatic heterocycles. The Morgan fingerprint density at radius 2 is 1.88 bits per heavy atom. The highest BCUT2D eigenvalue weighted by Crippen LogP contribution is 2.58. The van der Waals surface area contributed by atoms with Crippen molar-refractivity contribution in [2.75, 3.05) is 18.4 Å². The Bertz CT molecular complexity index is 826. The van der Waals surface area contributed by atoms with Gasteiger partial charge < -0.3 is 10.6 Å². The number of nitrogens with zero attached hydrogens (tertiary/aromatic N) is 1. The van der Waals surface area contributed by atoms with Gasteiger partial charge in [-0.15, -0.1) is 23.7 Å². The highest BCUT2D eigenvalue weighted by molar-refractivity contribution is 7.14. The van der Waals surface area contributed by atoms with Gasteiger partial charge in [0.25, 0.3) is 0 Å². The van der Waals surface area contributed by atoms with Gasteiger partial charge in [0.1, 0.15) is 0 Å². The Labute approximate surface area is 165 Å². The monoisotopic (exact) mass is 391 g/mol. The first-order valence-electron chi connectivity index (χ1n) is 9.04. The van der Waals surface area contributed by atoms with Crippen molar-refractivity contribution in [2.24, 2.45) is 11.3 Å². The summed E-state index contributed by atoms with van der Waals surface area (Å²) in [6.45, 7) is 8.45. The second kappa shape index (κ2) is 7.29. The van der Waals surface area contributed by atoms with Crippen LogP contribution in [0.25, 0.3) is 11.3 Å². The van der Waals surface area contributed by atoms with Crippen LogP contribution in [0.3, 0.4) is 0 Å². The van der Waals surface area contributed by atoms with Gasteiger partial charge in [0.05, 0.1) is 5.69 Å². The first kappa shape index (κ1) is 19.3. The number of benzene rings is 1. The zero-order valence-corrected chi connectivity index (χ0v) is 17.1. The van der Waals surface area contributed by atoms with Crippen molar-refractivity contribution in [1.29, 1.82) is 0 Å². The standard InChI is InChI=1S/C20H25N3OS.ClH/c1-12-8-14(3)15(9-13(12)2)17-11-25-19(22-17)23-18(24)16-10-20(16)4-6-21-7-5-20;/h8-9,11,16,21H,4-7,10H2,1-3H3,(H,22,23,24);1H. The van der Waals surface area contributed by atoms with Crippen LogP contribution < -0.4 is 10.6 Å². The van der Waals surface area contributed by atoms with Crippen LogP contribution in [0.1, 0.15) is 36.0 Å². The van der Waals surface area contributed by atoms with Crippen LogP contribution in [0.15, 0.2) is 17.5 Å². The quantitative estimate of drug-likeness (QED) is 0.810. The Morgan fingerprint density at radius 1 is 1.19 bits per heavy atom. The molecule has 2 heterocycles. The number of aryl methyl sites for hydroxylation is 3. The van der Waals surface area contributed by atoms with Crippen LogP contribution in [-0.2, 0) is 4.79 Å². The van der Waals surface area contributed by atoms with Gasteiger partial charge in [-0.3, -0.25) is 4.79 Å². The fourth-order valence-corrected chi connectivity index (χ4v) is 4.79.